The van der Waals surface area contributed by atoms with Gasteiger partial charge in [-0.3, -0.25) is 0 Å². The first-order valence-corrected chi connectivity index (χ1v) is 10.7. The third-order valence-electron chi connectivity index (χ3n) is 5.89. The number of hydrogen-bond donors (Lipinski definition) is 2. The number of fused-ring (bicyclic) bond motifs is 1. The fourth-order valence-electron chi connectivity index (χ4n) is 4.49. The van der Waals surface area contributed by atoms with Crippen molar-refractivity contribution in [1.29, 1.82) is 0 Å². The smallest absolute Gasteiger partial charge is 0.355 e. The number of aromatic carboxylic acids is 1. The molecular weight excluding hydrogens is 394 g/mol. The highest BCUT2D eigenvalue weighted by Gasteiger charge is 2.46. The number of aromatic nitrogens is 1. The van der Waals surface area contributed by atoms with Crippen molar-refractivity contribution in [3.05, 3.63) is 40.3 Å². The second-order valence-corrected chi connectivity index (χ2v) is 8.43. The van der Waals surface area contributed by atoms with Crippen molar-refractivity contribution in [3.8, 4) is 11.5 Å². The molecule has 1 saturated heterocycles. The first-order chi connectivity index (χ1) is 14.1. The number of carboxylic acids is 1. The summed E-state index contributed by atoms with van der Waals surface area (Å²) in [5, 5.41) is 21.9. The van der Waals surface area contributed by atoms with E-state index >= 15 is 0 Å². The Bertz CT molecular complexity index is 855. The van der Waals surface area contributed by atoms with Gasteiger partial charge in [-0.2, -0.15) is 0 Å². The number of aliphatic hydroxyl groups is 1. The molecule has 0 radical (unpaired) electrons. The predicted octanol–water partition coefficient (Wildman–Crippen LogP) is 3.54. The van der Waals surface area contributed by atoms with Gasteiger partial charge in [0.1, 0.15) is 11.1 Å². The predicted molar refractivity (Wildman–Crippen MR) is 107 cm³/mol. The monoisotopic (exact) mass is 419 g/mol. The van der Waals surface area contributed by atoms with Gasteiger partial charge < -0.3 is 24.4 Å². The summed E-state index contributed by atoms with van der Waals surface area (Å²) in [5.41, 5.74) is 0.0635. The van der Waals surface area contributed by atoms with E-state index in [1.165, 1.54) is 11.3 Å². The summed E-state index contributed by atoms with van der Waals surface area (Å²) < 4.78 is 17.4. The Balaban J connectivity index is 1.34. The molecule has 156 valence electrons. The van der Waals surface area contributed by atoms with Crippen LogP contribution in [0, 0.1) is 11.8 Å². The van der Waals surface area contributed by atoms with Crippen LogP contribution in [-0.2, 0) is 4.74 Å². The van der Waals surface area contributed by atoms with Crippen molar-refractivity contribution in [3.63, 3.8) is 0 Å². The molecule has 0 amide bonds. The summed E-state index contributed by atoms with van der Waals surface area (Å²) in [7, 11) is 1.62. The number of hydrogen-bond acceptors (Lipinski definition) is 7. The van der Waals surface area contributed by atoms with Crippen LogP contribution in [-0.4, -0.2) is 47.1 Å². The van der Waals surface area contributed by atoms with Crippen LogP contribution in [0.3, 0.4) is 0 Å². The average Bonchev–Trinajstić information content (AvgIpc) is 3.33. The maximum absolute atomic E-state index is 11.1. The van der Waals surface area contributed by atoms with Gasteiger partial charge in [0.15, 0.2) is 17.2 Å². The quantitative estimate of drug-likeness (QED) is 0.708. The lowest BCUT2D eigenvalue weighted by atomic mass is 9.85. The molecule has 1 aliphatic heterocycles. The van der Waals surface area contributed by atoms with Crippen molar-refractivity contribution < 1.29 is 29.2 Å². The Kier molecular flexibility index (Phi) is 6.03. The minimum atomic E-state index is -1.02. The number of thiazole rings is 1. The number of nitrogens with zero attached hydrogens (tertiary/aromatic N) is 1. The van der Waals surface area contributed by atoms with Crippen molar-refractivity contribution >= 4 is 17.3 Å². The van der Waals surface area contributed by atoms with Gasteiger partial charge in [-0.15, -0.1) is 11.3 Å². The van der Waals surface area contributed by atoms with Crippen molar-refractivity contribution in [1.82, 2.24) is 4.98 Å². The molecule has 1 aliphatic carbocycles. The summed E-state index contributed by atoms with van der Waals surface area (Å²) in [6.07, 6.45) is 2.41. The Morgan fingerprint density at radius 3 is 2.83 bits per heavy atom. The van der Waals surface area contributed by atoms with Crippen LogP contribution in [0.2, 0.25) is 0 Å². The minimum absolute atomic E-state index is 0.0304. The SMILES string of the molecule is COc1ccccc1OCC[C@@H]1[C@H]2CC[C@H](c3nc(C(=O)O)cs3)O[C@H]2C[C@H]1O. The van der Waals surface area contributed by atoms with E-state index in [1.54, 1.807) is 12.5 Å². The fourth-order valence-corrected chi connectivity index (χ4v) is 5.35. The molecule has 7 nitrogen and oxygen atoms in total. The van der Waals surface area contributed by atoms with Gasteiger partial charge in [0.25, 0.3) is 0 Å². The molecule has 29 heavy (non-hydrogen) atoms. The highest BCUT2D eigenvalue weighted by atomic mass is 32.1. The number of ether oxygens (including phenoxy) is 3. The summed E-state index contributed by atoms with van der Waals surface area (Å²) in [4.78, 5) is 15.2. The molecule has 5 atom stereocenters. The van der Waals surface area contributed by atoms with Crippen LogP contribution >= 0.6 is 11.3 Å². The molecule has 0 unspecified atom stereocenters. The number of para-hydroxylation sites is 2. The topological polar surface area (TPSA) is 98.1 Å². The lowest BCUT2D eigenvalue weighted by Gasteiger charge is -2.34. The molecule has 8 heteroatoms. The highest BCUT2D eigenvalue weighted by Crippen LogP contribution is 2.47. The van der Waals surface area contributed by atoms with Gasteiger partial charge in [-0.05, 0) is 43.2 Å². The summed E-state index contributed by atoms with van der Waals surface area (Å²) in [5.74, 6) is 0.790. The van der Waals surface area contributed by atoms with Crippen LogP contribution in [0.5, 0.6) is 11.5 Å². The van der Waals surface area contributed by atoms with E-state index in [0.717, 1.165) is 19.3 Å². The van der Waals surface area contributed by atoms with E-state index in [9.17, 15) is 9.90 Å². The first-order valence-electron chi connectivity index (χ1n) is 9.85. The number of carbonyl (C=O) groups is 1. The molecule has 2 fully saturated rings. The molecular formula is C21H25NO6S. The molecule has 1 aromatic carbocycles. The molecule has 2 aromatic rings. The molecule has 2 aliphatic rings. The van der Waals surface area contributed by atoms with E-state index < -0.39 is 12.1 Å². The van der Waals surface area contributed by atoms with Crippen molar-refractivity contribution in [2.24, 2.45) is 11.8 Å². The van der Waals surface area contributed by atoms with Gasteiger partial charge in [-0.25, -0.2) is 9.78 Å². The Morgan fingerprint density at radius 1 is 1.31 bits per heavy atom. The van der Waals surface area contributed by atoms with Gasteiger partial charge in [0.2, 0.25) is 0 Å². The van der Waals surface area contributed by atoms with E-state index in [1.807, 2.05) is 24.3 Å². The summed E-state index contributed by atoms with van der Waals surface area (Å²) in [6, 6.07) is 7.54. The molecule has 1 aromatic heterocycles. The number of rotatable bonds is 7. The Morgan fingerprint density at radius 2 is 2.10 bits per heavy atom. The average molecular weight is 419 g/mol. The molecule has 0 spiro atoms. The lowest BCUT2D eigenvalue weighted by Crippen LogP contribution is -2.31. The van der Waals surface area contributed by atoms with Crippen LogP contribution in [0.15, 0.2) is 29.6 Å². The normalized spacial score (nSPS) is 28.7. The summed E-state index contributed by atoms with van der Waals surface area (Å²) in [6.45, 7) is 0.503. The van der Waals surface area contributed by atoms with Crippen LogP contribution in [0.4, 0.5) is 0 Å². The van der Waals surface area contributed by atoms with E-state index in [-0.39, 0.29) is 29.7 Å². The van der Waals surface area contributed by atoms with Crippen molar-refractivity contribution in [2.75, 3.05) is 13.7 Å². The van der Waals surface area contributed by atoms with Crippen LogP contribution in [0.1, 0.15) is 47.3 Å². The first kappa shape index (κ1) is 20.1. The second kappa shape index (κ2) is 8.69. The minimum Gasteiger partial charge on any atom is -0.493 e. The van der Waals surface area contributed by atoms with Gasteiger partial charge in [-0.1, -0.05) is 12.1 Å². The third-order valence-corrected chi connectivity index (χ3v) is 6.83. The molecule has 4 rings (SSSR count). The number of carboxylic acid groups (broad SMARTS) is 1. The van der Waals surface area contributed by atoms with E-state index in [4.69, 9.17) is 19.3 Å². The van der Waals surface area contributed by atoms with Gasteiger partial charge in [0, 0.05) is 11.8 Å². The van der Waals surface area contributed by atoms with Gasteiger partial charge >= 0.3 is 5.97 Å². The molecule has 0 bridgehead atoms. The number of methoxy groups -OCH3 is 1. The van der Waals surface area contributed by atoms with Gasteiger partial charge in [0.05, 0.1) is 25.9 Å². The van der Waals surface area contributed by atoms with Crippen LogP contribution in [0.25, 0.3) is 0 Å². The standard InChI is InChI=1S/C21H25NO6S/c1-26-16-4-2-3-5-17(16)27-9-8-12-13-6-7-18(28-19(13)10-15(12)23)20-22-14(11-29-20)21(24)25/h2-5,11-13,15,18-19,23H,6-10H2,1H3,(H,24,25)/t12-,13-,15-,18-,19+/m1/s1. The van der Waals surface area contributed by atoms with Crippen LogP contribution < -0.4 is 9.47 Å². The second-order valence-electron chi connectivity index (χ2n) is 7.54. The molecule has 2 heterocycles. The summed E-state index contributed by atoms with van der Waals surface area (Å²) >= 11 is 1.32. The zero-order valence-corrected chi connectivity index (χ0v) is 17.0. The highest BCUT2D eigenvalue weighted by molar-refractivity contribution is 7.09. The van der Waals surface area contributed by atoms with E-state index in [0.29, 0.717) is 29.5 Å². The van der Waals surface area contributed by atoms with E-state index in [2.05, 4.69) is 4.98 Å². The molecule has 2 N–H and O–H groups in total. The fraction of sp³-hybridized carbons (Fsp3) is 0.524. The maximum Gasteiger partial charge on any atom is 0.355 e. The maximum atomic E-state index is 11.1. The molecule has 1 saturated carbocycles. The Hall–Kier alpha value is -2.16. The number of benzene rings is 1. The zero-order valence-electron chi connectivity index (χ0n) is 16.2. The van der Waals surface area contributed by atoms with Crippen molar-refractivity contribution in [2.45, 2.75) is 44.0 Å². The largest absolute Gasteiger partial charge is 0.493 e. The third kappa shape index (κ3) is 4.24. The number of aliphatic hydroxyl groups excluding tert-OH is 1. The zero-order chi connectivity index (χ0) is 20.4. The lowest BCUT2D eigenvalue weighted by molar-refractivity contribution is -0.0799. The Labute approximate surface area is 173 Å².